The molecule has 1 aromatic rings. The number of piperidine rings is 2. The Labute approximate surface area is 151 Å². The fourth-order valence-corrected chi connectivity index (χ4v) is 4.00. The zero-order valence-corrected chi connectivity index (χ0v) is 15.3. The smallest absolute Gasteiger partial charge is 0.222 e. The van der Waals surface area contributed by atoms with Crippen molar-refractivity contribution >= 4 is 11.7 Å². The molecule has 4 nitrogen and oxygen atoms in total. The SMILES string of the molecule is Cc1ccc(C(=O)C2CCN(C(=O)CCC3CCNCC3)CC2)cc1. The largest absolute Gasteiger partial charge is 0.343 e. The fourth-order valence-electron chi connectivity index (χ4n) is 4.00. The van der Waals surface area contributed by atoms with Gasteiger partial charge in [0.05, 0.1) is 0 Å². The van der Waals surface area contributed by atoms with Crippen molar-refractivity contribution in [2.75, 3.05) is 26.2 Å². The van der Waals surface area contributed by atoms with Crippen LogP contribution >= 0.6 is 0 Å². The van der Waals surface area contributed by atoms with E-state index in [0.29, 0.717) is 12.3 Å². The number of hydrogen-bond acceptors (Lipinski definition) is 3. The second-order valence-electron chi connectivity index (χ2n) is 7.62. The molecule has 2 aliphatic rings. The minimum absolute atomic E-state index is 0.0659. The number of hydrogen-bond donors (Lipinski definition) is 1. The van der Waals surface area contributed by atoms with Crippen LogP contribution in [0.3, 0.4) is 0 Å². The summed E-state index contributed by atoms with van der Waals surface area (Å²) in [6, 6.07) is 7.84. The molecule has 2 saturated heterocycles. The Hall–Kier alpha value is -1.68. The number of Topliss-reactive ketones (excluding diaryl/α,β-unsaturated/α-hetero) is 1. The van der Waals surface area contributed by atoms with Gasteiger partial charge in [-0.2, -0.15) is 0 Å². The van der Waals surface area contributed by atoms with Crippen molar-refractivity contribution in [2.45, 2.75) is 45.4 Å². The maximum absolute atomic E-state index is 12.6. The Morgan fingerprint density at radius 3 is 2.32 bits per heavy atom. The molecule has 3 rings (SSSR count). The first kappa shape index (κ1) is 18.1. The lowest BCUT2D eigenvalue weighted by Gasteiger charge is -2.32. The van der Waals surface area contributed by atoms with E-state index in [1.165, 1.54) is 18.4 Å². The van der Waals surface area contributed by atoms with Crippen LogP contribution in [0, 0.1) is 18.8 Å². The molecular formula is C21H30N2O2. The molecule has 2 fully saturated rings. The Balaban J connectivity index is 1.43. The summed E-state index contributed by atoms with van der Waals surface area (Å²) in [6.45, 7) is 5.67. The molecule has 1 N–H and O–H groups in total. The molecule has 25 heavy (non-hydrogen) atoms. The molecular weight excluding hydrogens is 312 g/mol. The van der Waals surface area contributed by atoms with Crippen LogP contribution in [-0.2, 0) is 4.79 Å². The van der Waals surface area contributed by atoms with Crippen molar-refractivity contribution in [2.24, 2.45) is 11.8 Å². The number of carbonyl (C=O) groups excluding carboxylic acids is 2. The summed E-state index contributed by atoms with van der Waals surface area (Å²) in [5.41, 5.74) is 1.98. The molecule has 0 atom stereocenters. The van der Waals surface area contributed by atoms with Gasteiger partial charge in [-0.3, -0.25) is 9.59 Å². The van der Waals surface area contributed by atoms with Crippen LogP contribution in [0.5, 0.6) is 0 Å². The first-order valence-corrected chi connectivity index (χ1v) is 9.73. The van der Waals surface area contributed by atoms with Crippen LogP contribution in [0.1, 0.15) is 54.4 Å². The average Bonchev–Trinajstić information content (AvgIpc) is 2.67. The van der Waals surface area contributed by atoms with Gasteiger partial charge < -0.3 is 10.2 Å². The lowest BCUT2D eigenvalue weighted by molar-refractivity contribution is -0.132. The maximum atomic E-state index is 12.6. The van der Waals surface area contributed by atoms with Crippen molar-refractivity contribution in [3.8, 4) is 0 Å². The summed E-state index contributed by atoms with van der Waals surface area (Å²) in [5.74, 6) is 1.28. The lowest BCUT2D eigenvalue weighted by atomic mass is 9.88. The Morgan fingerprint density at radius 2 is 1.68 bits per heavy atom. The van der Waals surface area contributed by atoms with Gasteiger partial charge in [-0.25, -0.2) is 0 Å². The molecule has 136 valence electrons. The number of carbonyl (C=O) groups is 2. The number of amides is 1. The molecule has 0 saturated carbocycles. The van der Waals surface area contributed by atoms with E-state index in [0.717, 1.165) is 51.0 Å². The third kappa shape index (κ3) is 4.91. The van der Waals surface area contributed by atoms with E-state index in [1.807, 2.05) is 36.1 Å². The van der Waals surface area contributed by atoms with Gasteiger partial charge in [0, 0.05) is 31.0 Å². The van der Waals surface area contributed by atoms with Crippen LogP contribution < -0.4 is 5.32 Å². The molecule has 0 spiro atoms. The van der Waals surface area contributed by atoms with Crippen LogP contribution in [0.15, 0.2) is 24.3 Å². The highest BCUT2D eigenvalue weighted by atomic mass is 16.2. The van der Waals surface area contributed by atoms with Gasteiger partial charge in [0.2, 0.25) is 5.91 Å². The highest BCUT2D eigenvalue weighted by molar-refractivity contribution is 5.98. The number of aryl methyl sites for hydroxylation is 1. The Morgan fingerprint density at radius 1 is 1.04 bits per heavy atom. The molecule has 2 heterocycles. The number of nitrogens with one attached hydrogen (secondary N) is 1. The summed E-state index contributed by atoms with van der Waals surface area (Å²) in [5, 5.41) is 3.37. The normalized spacial score (nSPS) is 19.8. The van der Waals surface area contributed by atoms with E-state index in [-0.39, 0.29) is 17.6 Å². The summed E-state index contributed by atoms with van der Waals surface area (Å²) in [4.78, 5) is 27.0. The minimum Gasteiger partial charge on any atom is -0.343 e. The second-order valence-corrected chi connectivity index (χ2v) is 7.62. The third-order valence-electron chi connectivity index (χ3n) is 5.78. The predicted molar refractivity (Wildman–Crippen MR) is 99.6 cm³/mol. The van der Waals surface area contributed by atoms with E-state index < -0.39 is 0 Å². The van der Waals surface area contributed by atoms with Crippen molar-refractivity contribution in [1.29, 1.82) is 0 Å². The van der Waals surface area contributed by atoms with Crippen LogP contribution in [0.2, 0.25) is 0 Å². The molecule has 1 aromatic carbocycles. The molecule has 1 amide bonds. The summed E-state index contributed by atoms with van der Waals surface area (Å²) in [7, 11) is 0. The highest BCUT2D eigenvalue weighted by Gasteiger charge is 2.28. The van der Waals surface area contributed by atoms with Gasteiger partial charge in [0.15, 0.2) is 5.78 Å². The van der Waals surface area contributed by atoms with Crippen molar-refractivity contribution in [1.82, 2.24) is 10.2 Å². The van der Waals surface area contributed by atoms with E-state index in [4.69, 9.17) is 0 Å². The van der Waals surface area contributed by atoms with Crippen LogP contribution in [-0.4, -0.2) is 42.8 Å². The molecule has 2 aliphatic heterocycles. The van der Waals surface area contributed by atoms with Gasteiger partial charge in [-0.05, 0) is 58.0 Å². The summed E-state index contributed by atoms with van der Waals surface area (Å²) >= 11 is 0. The standard InChI is InChI=1S/C21H30N2O2/c1-16-2-5-18(6-3-16)21(25)19-10-14-23(15-11-19)20(24)7-4-17-8-12-22-13-9-17/h2-3,5-6,17,19,22H,4,7-15H2,1H3. The monoisotopic (exact) mass is 342 g/mol. The molecule has 0 unspecified atom stereocenters. The van der Waals surface area contributed by atoms with Gasteiger partial charge in [0.25, 0.3) is 0 Å². The highest BCUT2D eigenvalue weighted by Crippen LogP contribution is 2.24. The minimum atomic E-state index is 0.0659. The molecule has 0 aliphatic carbocycles. The fraction of sp³-hybridized carbons (Fsp3) is 0.619. The lowest BCUT2D eigenvalue weighted by Crippen LogP contribution is -2.40. The van der Waals surface area contributed by atoms with Crippen molar-refractivity contribution < 1.29 is 9.59 Å². The zero-order chi connectivity index (χ0) is 17.6. The molecule has 4 heteroatoms. The maximum Gasteiger partial charge on any atom is 0.222 e. The molecule has 0 radical (unpaired) electrons. The number of likely N-dealkylation sites (tertiary alicyclic amines) is 1. The van der Waals surface area contributed by atoms with Crippen molar-refractivity contribution in [3.63, 3.8) is 0 Å². The van der Waals surface area contributed by atoms with Crippen molar-refractivity contribution in [3.05, 3.63) is 35.4 Å². The quantitative estimate of drug-likeness (QED) is 0.836. The number of ketones is 1. The van der Waals surface area contributed by atoms with Crippen LogP contribution in [0.4, 0.5) is 0 Å². The first-order valence-electron chi connectivity index (χ1n) is 9.73. The Bertz CT molecular complexity index is 582. The number of benzene rings is 1. The van der Waals surface area contributed by atoms with Gasteiger partial charge in [-0.15, -0.1) is 0 Å². The summed E-state index contributed by atoms with van der Waals surface area (Å²) < 4.78 is 0. The van der Waals surface area contributed by atoms with Gasteiger partial charge in [-0.1, -0.05) is 29.8 Å². The average molecular weight is 342 g/mol. The zero-order valence-electron chi connectivity index (χ0n) is 15.3. The summed E-state index contributed by atoms with van der Waals surface area (Å²) in [6.07, 6.45) is 5.67. The predicted octanol–water partition coefficient (Wildman–Crippen LogP) is 3.20. The second kappa shape index (κ2) is 8.61. The Kier molecular flexibility index (Phi) is 6.24. The number of nitrogens with zero attached hydrogens (tertiary/aromatic N) is 1. The van der Waals surface area contributed by atoms with E-state index >= 15 is 0 Å². The molecule has 0 aromatic heterocycles. The van der Waals surface area contributed by atoms with Gasteiger partial charge >= 0.3 is 0 Å². The van der Waals surface area contributed by atoms with Crippen LogP contribution in [0.25, 0.3) is 0 Å². The third-order valence-corrected chi connectivity index (χ3v) is 5.78. The van der Waals surface area contributed by atoms with E-state index in [1.54, 1.807) is 0 Å². The van der Waals surface area contributed by atoms with E-state index in [9.17, 15) is 9.59 Å². The first-order chi connectivity index (χ1) is 12.1. The number of rotatable bonds is 5. The topological polar surface area (TPSA) is 49.4 Å². The van der Waals surface area contributed by atoms with E-state index in [2.05, 4.69) is 5.32 Å². The molecule has 0 bridgehead atoms. The van der Waals surface area contributed by atoms with Gasteiger partial charge in [0.1, 0.15) is 0 Å².